The molecule has 0 saturated heterocycles. The molecule has 1 N–H and O–H groups in total. The van der Waals surface area contributed by atoms with E-state index in [0.717, 1.165) is 35.7 Å². The van der Waals surface area contributed by atoms with E-state index < -0.39 is 0 Å². The Bertz CT molecular complexity index is 1310. The summed E-state index contributed by atoms with van der Waals surface area (Å²) in [6.45, 7) is 4.33. The number of nitrogens with one attached hydrogen (secondary N) is 1. The van der Waals surface area contributed by atoms with Crippen molar-refractivity contribution in [1.29, 1.82) is 0 Å². The van der Waals surface area contributed by atoms with Crippen LogP contribution in [0, 0.1) is 6.92 Å². The quantitative estimate of drug-likeness (QED) is 0.480. The fourth-order valence-corrected chi connectivity index (χ4v) is 4.21. The number of aromatic nitrogens is 2. The van der Waals surface area contributed by atoms with Crippen molar-refractivity contribution in [2.24, 2.45) is 0 Å². The molecule has 1 aromatic heterocycles. The Balaban J connectivity index is 1.28. The number of nitrogens with zero attached hydrogens (tertiary/aromatic N) is 3. The number of imidazole rings is 1. The van der Waals surface area contributed by atoms with Crippen LogP contribution in [0.25, 0.3) is 11.0 Å². The minimum atomic E-state index is -0.240. The molecular weight excluding hydrogens is 416 g/mol. The Kier molecular flexibility index (Phi) is 5.60. The second-order valence-electron chi connectivity index (χ2n) is 8.08. The summed E-state index contributed by atoms with van der Waals surface area (Å²) in [5.41, 5.74) is 4.83. The highest BCUT2D eigenvalue weighted by Crippen LogP contribution is 2.32. The van der Waals surface area contributed by atoms with E-state index in [9.17, 15) is 4.79 Å². The molecule has 1 amide bonds. The highest BCUT2D eigenvalue weighted by Gasteiger charge is 2.21. The number of hydrogen-bond acceptors (Lipinski definition) is 5. The number of amides is 1. The standard InChI is InChI=1S/C26H26N4O3/c1-18-7-3-6-10-23(18)33-17-26(31)28-21-12-11-19(15-24(21)32-2)29-13-14-30-22-9-5-4-8-20(22)27-25(30)16-29/h3-12,15H,13-14,16-17H2,1-2H3,(H,28,31). The summed E-state index contributed by atoms with van der Waals surface area (Å²) in [7, 11) is 1.61. The first-order valence-electron chi connectivity index (χ1n) is 11.0. The molecule has 1 aliphatic rings. The van der Waals surface area contributed by atoms with Crippen LogP contribution < -0.4 is 19.7 Å². The van der Waals surface area contributed by atoms with Crippen molar-refractivity contribution in [2.75, 3.05) is 30.5 Å². The van der Waals surface area contributed by atoms with Crippen molar-refractivity contribution in [3.63, 3.8) is 0 Å². The van der Waals surface area contributed by atoms with E-state index in [4.69, 9.17) is 14.5 Å². The number of benzene rings is 3. The molecule has 0 unspecified atom stereocenters. The van der Waals surface area contributed by atoms with E-state index in [2.05, 4.69) is 20.9 Å². The van der Waals surface area contributed by atoms with E-state index >= 15 is 0 Å². The van der Waals surface area contributed by atoms with Gasteiger partial charge in [0.25, 0.3) is 5.91 Å². The topological polar surface area (TPSA) is 68.6 Å². The van der Waals surface area contributed by atoms with Gasteiger partial charge in [-0.2, -0.15) is 0 Å². The molecule has 2 heterocycles. The van der Waals surface area contributed by atoms with E-state index in [1.807, 2.05) is 67.6 Å². The zero-order valence-electron chi connectivity index (χ0n) is 18.7. The summed E-state index contributed by atoms with van der Waals surface area (Å²) in [4.78, 5) is 19.5. The van der Waals surface area contributed by atoms with Gasteiger partial charge >= 0.3 is 0 Å². The average Bonchev–Trinajstić information content (AvgIpc) is 3.21. The van der Waals surface area contributed by atoms with Crippen LogP contribution in [0.2, 0.25) is 0 Å². The number of fused-ring (bicyclic) bond motifs is 3. The molecule has 7 heteroatoms. The summed E-state index contributed by atoms with van der Waals surface area (Å²) in [5.74, 6) is 2.12. The van der Waals surface area contributed by atoms with Gasteiger partial charge in [0.05, 0.1) is 30.4 Å². The number of ether oxygens (including phenoxy) is 2. The highest BCUT2D eigenvalue weighted by atomic mass is 16.5. The van der Waals surface area contributed by atoms with Gasteiger partial charge in [-0.05, 0) is 42.8 Å². The number of carbonyl (C=O) groups is 1. The Labute approximate surface area is 192 Å². The number of rotatable bonds is 6. The first kappa shape index (κ1) is 20.9. The zero-order valence-corrected chi connectivity index (χ0v) is 18.7. The third kappa shape index (κ3) is 4.22. The number of para-hydroxylation sites is 3. The molecule has 4 aromatic rings. The lowest BCUT2D eigenvalue weighted by molar-refractivity contribution is -0.118. The molecule has 5 rings (SSSR count). The molecule has 0 bridgehead atoms. The van der Waals surface area contributed by atoms with Gasteiger partial charge in [-0.3, -0.25) is 4.79 Å². The second-order valence-corrected chi connectivity index (χ2v) is 8.08. The SMILES string of the molecule is COc1cc(N2CCn3c(nc4ccccc43)C2)ccc1NC(=O)COc1ccccc1C. The lowest BCUT2D eigenvalue weighted by Gasteiger charge is -2.30. The van der Waals surface area contributed by atoms with Gasteiger partial charge in [-0.15, -0.1) is 0 Å². The molecule has 0 spiro atoms. The van der Waals surface area contributed by atoms with Crippen LogP contribution in [-0.4, -0.2) is 35.7 Å². The molecule has 0 fully saturated rings. The van der Waals surface area contributed by atoms with E-state index in [1.54, 1.807) is 7.11 Å². The maximum absolute atomic E-state index is 12.5. The van der Waals surface area contributed by atoms with Crippen LogP contribution in [0.5, 0.6) is 11.5 Å². The molecule has 7 nitrogen and oxygen atoms in total. The minimum Gasteiger partial charge on any atom is -0.494 e. The van der Waals surface area contributed by atoms with Crippen LogP contribution in [0.1, 0.15) is 11.4 Å². The van der Waals surface area contributed by atoms with Crippen molar-refractivity contribution < 1.29 is 14.3 Å². The highest BCUT2D eigenvalue weighted by molar-refractivity contribution is 5.93. The first-order valence-corrected chi connectivity index (χ1v) is 11.0. The van der Waals surface area contributed by atoms with Crippen molar-refractivity contribution >= 4 is 28.3 Å². The predicted molar refractivity (Wildman–Crippen MR) is 129 cm³/mol. The second kappa shape index (κ2) is 8.86. The zero-order chi connectivity index (χ0) is 22.8. The molecule has 0 aliphatic carbocycles. The fraction of sp³-hybridized carbons (Fsp3) is 0.231. The number of hydrogen-bond donors (Lipinski definition) is 1. The number of methoxy groups -OCH3 is 1. The molecular formula is C26H26N4O3. The van der Waals surface area contributed by atoms with Gasteiger partial charge in [0.1, 0.15) is 17.3 Å². The van der Waals surface area contributed by atoms with Crippen molar-refractivity contribution in [3.05, 3.63) is 78.1 Å². The third-order valence-electron chi connectivity index (χ3n) is 5.94. The molecule has 3 aromatic carbocycles. The normalized spacial score (nSPS) is 13.0. The van der Waals surface area contributed by atoms with Crippen molar-refractivity contribution in [1.82, 2.24) is 9.55 Å². The van der Waals surface area contributed by atoms with E-state index in [-0.39, 0.29) is 12.5 Å². The van der Waals surface area contributed by atoms with Crippen LogP contribution in [0.15, 0.2) is 66.7 Å². The average molecular weight is 443 g/mol. The minimum absolute atomic E-state index is 0.0713. The van der Waals surface area contributed by atoms with Crippen LogP contribution >= 0.6 is 0 Å². The monoisotopic (exact) mass is 442 g/mol. The number of aryl methyl sites for hydroxylation is 1. The summed E-state index contributed by atoms with van der Waals surface area (Å²) in [6.07, 6.45) is 0. The summed E-state index contributed by atoms with van der Waals surface area (Å²) < 4.78 is 13.5. The lowest BCUT2D eigenvalue weighted by atomic mass is 10.2. The molecule has 0 atom stereocenters. The molecule has 1 aliphatic heterocycles. The number of carbonyl (C=O) groups excluding carboxylic acids is 1. The van der Waals surface area contributed by atoms with Gasteiger partial charge < -0.3 is 24.3 Å². The molecule has 168 valence electrons. The van der Waals surface area contributed by atoms with Crippen molar-refractivity contribution in [3.8, 4) is 11.5 Å². The van der Waals surface area contributed by atoms with Crippen LogP contribution in [-0.2, 0) is 17.9 Å². The third-order valence-corrected chi connectivity index (χ3v) is 5.94. The Morgan fingerprint density at radius 2 is 1.85 bits per heavy atom. The van der Waals surface area contributed by atoms with Gasteiger partial charge in [-0.25, -0.2) is 4.98 Å². The fourth-order valence-electron chi connectivity index (χ4n) is 4.21. The Morgan fingerprint density at radius 3 is 2.70 bits per heavy atom. The van der Waals surface area contributed by atoms with Gasteiger partial charge in [0.2, 0.25) is 0 Å². The van der Waals surface area contributed by atoms with Gasteiger partial charge in [-0.1, -0.05) is 30.3 Å². The van der Waals surface area contributed by atoms with Gasteiger partial charge in [0.15, 0.2) is 6.61 Å². The van der Waals surface area contributed by atoms with Crippen LogP contribution in [0.4, 0.5) is 11.4 Å². The maximum atomic E-state index is 12.5. The molecule has 0 saturated carbocycles. The Hall–Kier alpha value is -4.00. The lowest BCUT2D eigenvalue weighted by Crippen LogP contribution is -2.33. The predicted octanol–water partition coefficient (Wildman–Crippen LogP) is 4.39. The van der Waals surface area contributed by atoms with E-state index in [1.165, 1.54) is 5.52 Å². The summed E-state index contributed by atoms with van der Waals surface area (Å²) in [6, 6.07) is 21.7. The Morgan fingerprint density at radius 1 is 1.03 bits per heavy atom. The molecule has 33 heavy (non-hydrogen) atoms. The smallest absolute Gasteiger partial charge is 0.262 e. The number of anilines is 2. The van der Waals surface area contributed by atoms with Crippen molar-refractivity contribution in [2.45, 2.75) is 20.0 Å². The summed E-state index contributed by atoms with van der Waals surface area (Å²) in [5, 5.41) is 2.89. The summed E-state index contributed by atoms with van der Waals surface area (Å²) >= 11 is 0. The first-order chi connectivity index (χ1) is 16.1. The molecule has 0 radical (unpaired) electrons. The largest absolute Gasteiger partial charge is 0.494 e. The van der Waals surface area contributed by atoms with E-state index in [0.29, 0.717) is 23.7 Å². The van der Waals surface area contributed by atoms with Gasteiger partial charge in [0, 0.05) is 24.8 Å². The maximum Gasteiger partial charge on any atom is 0.262 e. The van der Waals surface area contributed by atoms with Crippen LogP contribution in [0.3, 0.4) is 0 Å².